The SMILES string of the molecule is C/C=C(\C=C/Cc1nn(-c2ccccc2)cc1CN1CCC2(CC1)CN(c1ccc(C(=O)O)cc1)C(=O)O2)OC.CC. The molecular formula is C33H40N4O5. The van der Waals surface area contributed by atoms with E-state index in [2.05, 4.69) is 17.2 Å². The van der Waals surface area contributed by atoms with E-state index in [9.17, 15) is 9.59 Å². The van der Waals surface area contributed by atoms with Gasteiger partial charge in [-0.15, -0.1) is 0 Å². The topological polar surface area (TPSA) is 97.1 Å². The summed E-state index contributed by atoms with van der Waals surface area (Å²) in [6.07, 6.45) is 9.81. The third-order valence-corrected chi connectivity index (χ3v) is 7.57. The Kier molecular flexibility index (Phi) is 10.2. The maximum atomic E-state index is 12.8. The molecule has 222 valence electrons. The maximum Gasteiger partial charge on any atom is 0.415 e. The molecule has 1 spiro atoms. The number of ether oxygens (including phenoxy) is 2. The Bertz CT molecular complexity index is 1400. The molecule has 9 nitrogen and oxygen atoms in total. The highest BCUT2D eigenvalue weighted by atomic mass is 16.6. The van der Waals surface area contributed by atoms with Crippen LogP contribution in [0.2, 0.25) is 0 Å². The van der Waals surface area contributed by atoms with Gasteiger partial charge < -0.3 is 14.6 Å². The fourth-order valence-corrected chi connectivity index (χ4v) is 5.26. The van der Waals surface area contributed by atoms with Crippen molar-refractivity contribution in [1.29, 1.82) is 0 Å². The fraction of sp³-hybridized carbons (Fsp3) is 0.364. The van der Waals surface area contributed by atoms with Gasteiger partial charge in [-0.25, -0.2) is 14.3 Å². The van der Waals surface area contributed by atoms with Crippen molar-refractivity contribution in [3.63, 3.8) is 0 Å². The monoisotopic (exact) mass is 572 g/mol. The molecular weight excluding hydrogens is 532 g/mol. The Morgan fingerprint density at radius 2 is 1.76 bits per heavy atom. The number of hydrogen-bond donors (Lipinski definition) is 1. The van der Waals surface area contributed by atoms with Gasteiger partial charge in [0.2, 0.25) is 0 Å². The number of carboxylic acid groups (broad SMARTS) is 1. The number of aromatic nitrogens is 2. The number of carbonyl (C=O) groups excluding carboxylic acids is 1. The molecule has 1 N–H and O–H groups in total. The summed E-state index contributed by atoms with van der Waals surface area (Å²) in [6, 6.07) is 16.4. The van der Waals surface area contributed by atoms with Crippen LogP contribution in [0.3, 0.4) is 0 Å². The first-order valence-corrected chi connectivity index (χ1v) is 14.5. The van der Waals surface area contributed by atoms with Crippen LogP contribution in [0.5, 0.6) is 0 Å². The number of carbonyl (C=O) groups is 2. The molecule has 3 heterocycles. The summed E-state index contributed by atoms with van der Waals surface area (Å²) in [7, 11) is 1.66. The summed E-state index contributed by atoms with van der Waals surface area (Å²) in [5, 5.41) is 14.1. The molecule has 5 rings (SSSR count). The third kappa shape index (κ3) is 7.09. The summed E-state index contributed by atoms with van der Waals surface area (Å²) in [5.41, 5.74) is 3.47. The van der Waals surface area contributed by atoms with Crippen molar-refractivity contribution in [3.05, 3.63) is 102 Å². The molecule has 1 aromatic heterocycles. The lowest BCUT2D eigenvalue weighted by atomic mass is 9.91. The molecule has 0 unspecified atom stereocenters. The van der Waals surface area contributed by atoms with Crippen molar-refractivity contribution in [1.82, 2.24) is 14.7 Å². The van der Waals surface area contributed by atoms with Gasteiger partial charge in [-0.2, -0.15) is 5.10 Å². The highest BCUT2D eigenvalue weighted by Crippen LogP contribution is 2.36. The molecule has 2 aliphatic heterocycles. The number of rotatable bonds is 9. The van der Waals surface area contributed by atoms with Gasteiger partial charge in [-0.3, -0.25) is 9.80 Å². The lowest BCUT2D eigenvalue weighted by Crippen LogP contribution is -2.46. The summed E-state index contributed by atoms with van der Waals surface area (Å²) in [5.74, 6) is -0.186. The second kappa shape index (κ2) is 14.0. The van der Waals surface area contributed by atoms with Crippen molar-refractivity contribution in [2.75, 3.05) is 31.6 Å². The number of likely N-dealkylation sites (tertiary alicyclic amines) is 1. The molecule has 2 fully saturated rings. The molecule has 0 radical (unpaired) electrons. The van der Waals surface area contributed by atoms with E-state index in [1.54, 1.807) is 24.1 Å². The van der Waals surface area contributed by atoms with E-state index in [0.717, 1.165) is 55.2 Å². The number of carboxylic acids is 1. The van der Waals surface area contributed by atoms with Gasteiger partial charge in [-0.1, -0.05) is 38.1 Å². The van der Waals surface area contributed by atoms with Crippen LogP contribution in [0.4, 0.5) is 10.5 Å². The number of aromatic carboxylic acids is 1. The first kappa shape index (κ1) is 30.6. The van der Waals surface area contributed by atoms with Gasteiger partial charge in [0.05, 0.1) is 30.6 Å². The molecule has 0 atom stereocenters. The van der Waals surface area contributed by atoms with Crippen LogP contribution in [0.25, 0.3) is 5.69 Å². The van der Waals surface area contributed by atoms with Crippen LogP contribution in [-0.2, 0) is 22.4 Å². The van der Waals surface area contributed by atoms with E-state index in [1.807, 2.05) is 67.9 Å². The van der Waals surface area contributed by atoms with Gasteiger partial charge in [0, 0.05) is 56.3 Å². The minimum Gasteiger partial charge on any atom is -0.497 e. The van der Waals surface area contributed by atoms with E-state index >= 15 is 0 Å². The van der Waals surface area contributed by atoms with Crippen molar-refractivity contribution in [2.45, 2.75) is 52.2 Å². The Morgan fingerprint density at radius 3 is 2.38 bits per heavy atom. The molecule has 2 aliphatic rings. The van der Waals surface area contributed by atoms with Crippen molar-refractivity contribution >= 4 is 17.7 Å². The lowest BCUT2D eigenvalue weighted by molar-refractivity contribution is -0.00102. The molecule has 1 amide bonds. The van der Waals surface area contributed by atoms with Gasteiger partial charge in [0.25, 0.3) is 0 Å². The first-order valence-electron chi connectivity index (χ1n) is 14.5. The molecule has 0 saturated carbocycles. The maximum absolute atomic E-state index is 12.8. The minimum atomic E-state index is -0.995. The van der Waals surface area contributed by atoms with Crippen LogP contribution < -0.4 is 4.90 Å². The van der Waals surface area contributed by atoms with Crippen molar-refractivity contribution in [2.24, 2.45) is 0 Å². The standard InChI is InChI=1S/C31H34N4O5.C2H6/c1-3-27(39-2)10-7-11-28-24(21-35(32-28)26-8-5-4-6-9-26)20-33-18-16-31(17-19-33)22-34(30(38)40-31)25-14-12-23(13-15-25)29(36)37;1-2/h3-10,12-15,21H,11,16-20,22H2,1-2H3,(H,36,37);1-2H3/b10-7-,27-3+;. The smallest absolute Gasteiger partial charge is 0.415 e. The quantitative estimate of drug-likeness (QED) is 0.240. The van der Waals surface area contributed by atoms with E-state index in [-0.39, 0.29) is 11.7 Å². The molecule has 3 aromatic rings. The molecule has 2 aromatic carbocycles. The third-order valence-electron chi connectivity index (χ3n) is 7.57. The minimum absolute atomic E-state index is 0.186. The van der Waals surface area contributed by atoms with E-state index in [4.69, 9.17) is 19.7 Å². The van der Waals surface area contributed by atoms with E-state index in [0.29, 0.717) is 18.7 Å². The second-order valence-corrected chi connectivity index (χ2v) is 10.1. The zero-order valence-electron chi connectivity index (χ0n) is 24.8. The lowest BCUT2D eigenvalue weighted by Gasteiger charge is -2.37. The van der Waals surface area contributed by atoms with Crippen LogP contribution in [0.15, 0.2) is 84.8 Å². The molecule has 9 heteroatoms. The zero-order chi connectivity index (χ0) is 30.1. The number of amides is 1. The largest absolute Gasteiger partial charge is 0.497 e. The Balaban J connectivity index is 0.00000198. The van der Waals surface area contributed by atoms with Crippen LogP contribution >= 0.6 is 0 Å². The van der Waals surface area contributed by atoms with Gasteiger partial charge in [-0.05, 0) is 55.5 Å². The van der Waals surface area contributed by atoms with E-state index in [1.165, 1.54) is 12.1 Å². The van der Waals surface area contributed by atoms with Crippen molar-refractivity contribution < 1.29 is 24.2 Å². The fourth-order valence-electron chi connectivity index (χ4n) is 5.26. The predicted octanol–water partition coefficient (Wildman–Crippen LogP) is 6.24. The summed E-state index contributed by atoms with van der Waals surface area (Å²) < 4.78 is 13.2. The number of hydrogen-bond acceptors (Lipinski definition) is 6. The second-order valence-electron chi connectivity index (χ2n) is 10.1. The first-order chi connectivity index (χ1) is 20.4. The zero-order valence-corrected chi connectivity index (χ0v) is 24.8. The van der Waals surface area contributed by atoms with Crippen LogP contribution in [0, 0.1) is 0 Å². The average molecular weight is 573 g/mol. The number of anilines is 1. The summed E-state index contributed by atoms with van der Waals surface area (Å²) >= 11 is 0. The predicted molar refractivity (Wildman–Crippen MR) is 163 cm³/mol. The molecule has 0 aliphatic carbocycles. The Morgan fingerprint density at radius 1 is 1.07 bits per heavy atom. The van der Waals surface area contributed by atoms with Gasteiger partial charge in [0.1, 0.15) is 11.4 Å². The number of nitrogens with zero attached hydrogens (tertiary/aromatic N) is 4. The number of benzene rings is 2. The van der Waals surface area contributed by atoms with Gasteiger partial charge in [0.15, 0.2) is 0 Å². The van der Waals surface area contributed by atoms with E-state index < -0.39 is 11.6 Å². The number of piperidine rings is 1. The van der Waals surface area contributed by atoms with Crippen molar-refractivity contribution in [3.8, 4) is 5.69 Å². The van der Waals surface area contributed by atoms with Gasteiger partial charge >= 0.3 is 12.1 Å². The normalized spacial score (nSPS) is 16.8. The summed E-state index contributed by atoms with van der Waals surface area (Å²) in [6.45, 7) is 8.73. The molecule has 0 bridgehead atoms. The average Bonchev–Trinajstić information content (AvgIpc) is 3.58. The highest BCUT2D eigenvalue weighted by molar-refractivity contribution is 5.92. The molecule has 2 saturated heterocycles. The highest BCUT2D eigenvalue weighted by Gasteiger charge is 2.47. The number of allylic oxidation sites excluding steroid dienone is 3. The Hall–Kier alpha value is -4.37. The van der Waals surface area contributed by atoms with Crippen LogP contribution in [-0.4, -0.2) is 64.2 Å². The Labute approximate surface area is 247 Å². The number of methoxy groups -OCH3 is 1. The van der Waals surface area contributed by atoms with Crippen LogP contribution in [0.1, 0.15) is 55.2 Å². The summed E-state index contributed by atoms with van der Waals surface area (Å²) in [4.78, 5) is 27.9. The number of para-hydroxylation sites is 1. The molecule has 42 heavy (non-hydrogen) atoms.